The van der Waals surface area contributed by atoms with Crippen LogP contribution < -0.4 is 0 Å². The summed E-state index contributed by atoms with van der Waals surface area (Å²) in [5, 5.41) is 4.95. The molecule has 0 spiro atoms. The van der Waals surface area contributed by atoms with E-state index in [1.165, 1.54) is 37.9 Å². The first-order chi connectivity index (χ1) is 12.1. The normalized spacial score (nSPS) is 17.1. The molecule has 1 saturated heterocycles. The number of aromatic nitrogens is 3. The van der Waals surface area contributed by atoms with Crippen molar-refractivity contribution in [2.75, 3.05) is 13.1 Å². The van der Waals surface area contributed by atoms with Crippen LogP contribution in [0.3, 0.4) is 0 Å². The molecule has 0 unspecified atom stereocenters. The van der Waals surface area contributed by atoms with Gasteiger partial charge >= 0.3 is 0 Å². The summed E-state index contributed by atoms with van der Waals surface area (Å²) in [6.07, 6.45) is 3.99. The molecule has 0 amide bonds. The van der Waals surface area contributed by atoms with Crippen molar-refractivity contribution < 1.29 is 4.52 Å². The Morgan fingerprint density at radius 2 is 1.72 bits per heavy atom. The van der Waals surface area contributed by atoms with Gasteiger partial charge in [-0.1, -0.05) is 35.8 Å². The fraction of sp³-hybridized carbons (Fsp3) is 0.450. The van der Waals surface area contributed by atoms with Gasteiger partial charge in [0.2, 0.25) is 0 Å². The van der Waals surface area contributed by atoms with E-state index in [9.17, 15) is 0 Å². The maximum atomic E-state index is 5.33. The summed E-state index contributed by atoms with van der Waals surface area (Å²) < 4.78 is 5.33. The van der Waals surface area contributed by atoms with Gasteiger partial charge in [0.25, 0.3) is 5.71 Å². The zero-order valence-electron chi connectivity index (χ0n) is 15.1. The molecule has 1 aliphatic heterocycles. The van der Waals surface area contributed by atoms with Crippen LogP contribution in [0.4, 0.5) is 0 Å². The van der Waals surface area contributed by atoms with E-state index < -0.39 is 0 Å². The first-order valence-electron chi connectivity index (χ1n) is 9.08. The summed E-state index contributed by atoms with van der Waals surface area (Å²) in [6.45, 7) is 8.52. The number of likely N-dealkylation sites (tertiary alicyclic amines) is 1. The summed E-state index contributed by atoms with van der Waals surface area (Å²) in [4.78, 5) is 11.6. The van der Waals surface area contributed by atoms with Gasteiger partial charge in [-0.3, -0.25) is 4.90 Å². The minimum atomic E-state index is 0.457. The highest BCUT2D eigenvalue weighted by Gasteiger charge is 2.19. The standard InChI is InChI=1S/C20H24N4O/c1-13-18-19(21-15(3)22-20(18)25-23-13)17-9-7-16(8-10-17)14(2)24-11-5-4-6-12-24/h7-10,14H,4-6,11-12H2,1-3H3/t14-/m1/s1. The molecule has 3 aromatic rings. The second-order valence-electron chi connectivity index (χ2n) is 6.96. The first-order valence-corrected chi connectivity index (χ1v) is 9.08. The molecular formula is C20H24N4O. The van der Waals surface area contributed by atoms with Gasteiger partial charge < -0.3 is 4.52 Å². The highest BCUT2D eigenvalue weighted by atomic mass is 16.5. The number of hydrogen-bond acceptors (Lipinski definition) is 5. The average Bonchev–Trinajstić information content (AvgIpc) is 3.02. The van der Waals surface area contributed by atoms with Gasteiger partial charge in [0.05, 0.1) is 16.8 Å². The molecule has 1 aliphatic rings. The Bertz CT molecular complexity index is 879. The quantitative estimate of drug-likeness (QED) is 0.707. The second kappa shape index (κ2) is 6.56. The topological polar surface area (TPSA) is 55.1 Å². The summed E-state index contributed by atoms with van der Waals surface area (Å²) in [7, 11) is 0. The fourth-order valence-corrected chi connectivity index (χ4v) is 3.74. The van der Waals surface area contributed by atoms with E-state index in [1.54, 1.807) is 0 Å². The molecule has 3 heterocycles. The molecule has 130 valence electrons. The Labute approximate surface area is 148 Å². The summed E-state index contributed by atoms with van der Waals surface area (Å²) in [6, 6.07) is 9.22. The minimum Gasteiger partial charge on any atom is -0.335 e. The molecule has 0 radical (unpaired) electrons. The Hall–Kier alpha value is -2.27. The van der Waals surface area contributed by atoms with E-state index in [1.807, 2.05) is 13.8 Å². The Morgan fingerprint density at radius 1 is 1.00 bits per heavy atom. The number of aryl methyl sites for hydroxylation is 2. The Kier molecular flexibility index (Phi) is 4.25. The predicted octanol–water partition coefficient (Wildman–Crippen LogP) is 4.45. The number of benzene rings is 1. The van der Waals surface area contributed by atoms with Gasteiger partial charge in [0.1, 0.15) is 5.82 Å². The maximum Gasteiger partial charge on any atom is 0.261 e. The molecular weight excluding hydrogens is 312 g/mol. The molecule has 4 rings (SSSR count). The second-order valence-corrected chi connectivity index (χ2v) is 6.96. The van der Waals surface area contributed by atoms with Gasteiger partial charge in [-0.05, 0) is 52.3 Å². The monoisotopic (exact) mass is 336 g/mol. The van der Waals surface area contributed by atoms with Crippen molar-refractivity contribution in [2.24, 2.45) is 0 Å². The van der Waals surface area contributed by atoms with Crippen LogP contribution in [0.2, 0.25) is 0 Å². The van der Waals surface area contributed by atoms with E-state index in [4.69, 9.17) is 4.52 Å². The first kappa shape index (κ1) is 16.2. The van der Waals surface area contributed by atoms with Crippen LogP contribution in [0.1, 0.15) is 49.3 Å². The maximum absolute atomic E-state index is 5.33. The van der Waals surface area contributed by atoms with Crippen molar-refractivity contribution in [3.63, 3.8) is 0 Å². The number of rotatable bonds is 3. The van der Waals surface area contributed by atoms with E-state index in [0.717, 1.165) is 22.3 Å². The van der Waals surface area contributed by atoms with Crippen LogP contribution in [0.25, 0.3) is 22.4 Å². The molecule has 0 N–H and O–H groups in total. The lowest BCUT2D eigenvalue weighted by molar-refractivity contribution is 0.175. The summed E-state index contributed by atoms with van der Waals surface area (Å²) >= 11 is 0. The van der Waals surface area contributed by atoms with E-state index in [2.05, 4.69) is 51.2 Å². The van der Waals surface area contributed by atoms with Crippen LogP contribution in [-0.2, 0) is 0 Å². The molecule has 0 saturated carbocycles. The average molecular weight is 336 g/mol. The molecule has 0 aliphatic carbocycles. The third-order valence-electron chi connectivity index (χ3n) is 5.22. The predicted molar refractivity (Wildman–Crippen MR) is 98.3 cm³/mol. The van der Waals surface area contributed by atoms with Gasteiger partial charge in [-0.15, -0.1) is 0 Å². The number of hydrogen-bond donors (Lipinski definition) is 0. The third-order valence-corrected chi connectivity index (χ3v) is 5.22. The van der Waals surface area contributed by atoms with Gasteiger partial charge in [-0.25, -0.2) is 4.98 Å². The zero-order chi connectivity index (χ0) is 17.4. The molecule has 2 aromatic heterocycles. The number of piperidine rings is 1. The number of fused-ring (bicyclic) bond motifs is 1. The molecule has 0 bridgehead atoms. The zero-order valence-corrected chi connectivity index (χ0v) is 15.1. The van der Waals surface area contributed by atoms with Gasteiger partial charge in [0, 0.05) is 11.6 Å². The lowest BCUT2D eigenvalue weighted by Gasteiger charge is -2.32. The summed E-state index contributed by atoms with van der Waals surface area (Å²) in [5.74, 6) is 0.699. The van der Waals surface area contributed by atoms with E-state index in [0.29, 0.717) is 17.6 Å². The van der Waals surface area contributed by atoms with Crippen molar-refractivity contribution in [1.29, 1.82) is 0 Å². The molecule has 25 heavy (non-hydrogen) atoms. The van der Waals surface area contributed by atoms with Crippen molar-refractivity contribution in [1.82, 2.24) is 20.0 Å². The van der Waals surface area contributed by atoms with Crippen molar-refractivity contribution in [3.8, 4) is 11.3 Å². The van der Waals surface area contributed by atoms with Crippen molar-refractivity contribution in [3.05, 3.63) is 41.3 Å². The van der Waals surface area contributed by atoms with Crippen molar-refractivity contribution >= 4 is 11.1 Å². The van der Waals surface area contributed by atoms with E-state index in [-0.39, 0.29) is 0 Å². The lowest BCUT2D eigenvalue weighted by atomic mass is 10.00. The van der Waals surface area contributed by atoms with Crippen LogP contribution in [0, 0.1) is 13.8 Å². The van der Waals surface area contributed by atoms with Gasteiger partial charge in [0.15, 0.2) is 0 Å². The third kappa shape index (κ3) is 3.04. The fourth-order valence-electron chi connectivity index (χ4n) is 3.74. The number of nitrogens with zero attached hydrogens (tertiary/aromatic N) is 4. The largest absolute Gasteiger partial charge is 0.335 e. The highest BCUT2D eigenvalue weighted by Crippen LogP contribution is 2.30. The lowest BCUT2D eigenvalue weighted by Crippen LogP contribution is -2.32. The summed E-state index contributed by atoms with van der Waals surface area (Å²) in [5.41, 5.74) is 4.73. The van der Waals surface area contributed by atoms with E-state index >= 15 is 0 Å². The van der Waals surface area contributed by atoms with Crippen molar-refractivity contribution in [2.45, 2.75) is 46.1 Å². The molecule has 1 fully saturated rings. The van der Waals surface area contributed by atoms with Crippen LogP contribution in [0.5, 0.6) is 0 Å². The molecule has 5 nitrogen and oxygen atoms in total. The highest BCUT2D eigenvalue weighted by molar-refractivity contribution is 5.91. The van der Waals surface area contributed by atoms with Gasteiger partial charge in [-0.2, -0.15) is 4.98 Å². The Balaban J connectivity index is 1.67. The minimum absolute atomic E-state index is 0.457. The smallest absolute Gasteiger partial charge is 0.261 e. The Morgan fingerprint density at radius 3 is 2.44 bits per heavy atom. The van der Waals surface area contributed by atoms with Crippen LogP contribution in [-0.4, -0.2) is 33.1 Å². The molecule has 5 heteroatoms. The molecule has 1 aromatic carbocycles. The van der Waals surface area contributed by atoms with Crippen LogP contribution in [0.15, 0.2) is 28.8 Å². The van der Waals surface area contributed by atoms with Crippen LogP contribution >= 0.6 is 0 Å². The SMILES string of the molecule is Cc1nc(-c2ccc([C@@H](C)N3CCCCC3)cc2)c2c(C)noc2n1. The molecule has 1 atom stereocenters.